The molecule has 118 valence electrons. The van der Waals surface area contributed by atoms with Crippen LogP contribution in [-0.2, 0) is 4.79 Å². The molecule has 0 saturated heterocycles. The average Bonchev–Trinajstić information content (AvgIpc) is 2.38. The molecule has 0 aliphatic carbocycles. The van der Waals surface area contributed by atoms with Crippen molar-refractivity contribution < 1.29 is 19.0 Å². The van der Waals surface area contributed by atoms with Crippen molar-refractivity contribution in [3.05, 3.63) is 29.6 Å². The van der Waals surface area contributed by atoms with Gasteiger partial charge in [0.15, 0.2) is 6.10 Å². The summed E-state index contributed by atoms with van der Waals surface area (Å²) in [7, 11) is 0. The maximum absolute atomic E-state index is 13.7. The zero-order valence-electron chi connectivity index (χ0n) is 13.0. The Kier molecular flexibility index (Phi) is 6.62. The first kappa shape index (κ1) is 17.4. The monoisotopic (exact) mass is 297 g/mol. The highest BCUT2D eigenvalue weighted by atomic mass is 19.1. The van der Waals surface area contributed by atoms with Crippen molar-refractivity contribution in [3.63, 3.8) is 0 Å². The minimum atomic E-state index is -0.880. The summed E-state index contributed by atoms with van der Waals surface area (Å²) < 4.78 is 19.2. The standard InChI is InChI=1S/C16H24FNO3/c1-5-6-10(2)18-16(20)12(4)21-13-7-8-14(11(3)19)15(17)9-13/h7-12,19H,5-6H2,1-4H3,(H,18,20)/t10?,11-,12?/m0/s1. The van der Waals surface area contributed by atoms with Gasteiger partial charge in [-0.1, -0.05) is 13.3 Å². The van der Waals surface area contributed by atoms with Gasteiger partial charge in [0, 0.05) is 17.7 Å². The van der Waals surface area contributed by atoms with E-state index in [1.807, 2.05) is 6.92 Å². The van der Waals surface area contributed by atoms with E-state index in [9.17, 15) is 14.3 Å². The average molecular weight is 297 g/mol. The Labute approximate surface area is 125 Å². The zero-order valence-corrected chi connectivity index (χ0v) is 13.0. The molecule has 1 rings (SSSR count). The number of amides is 1. The Morgan fingerprint density at radius 1 is 1.38 bits per heavy atom. The Morgan fingerprint density at radius 3 is 2.57 bits per heavy atom. The SMILES string of the molecule is CCCC(C)NC(=O)C(C)Oc1ccc([C@H](C)O)c(F)c1. The number of ether oxygens (including phenoxy) is 1. The summed E-state index contributed by atoms with van der Waals surface area (Å²) in [6.07, 6.45) is 0.301. The molecule has 2 N–H and O–H groups in total. The van der Waals surface area contributed by atoms with Gasteiger partial charge >= 0.3 is 0 Å². The summed E-state index contributed by atoms with van der Waals surface area (Å²) in [6.45, 7) is 7.10. The number of halogens is 1. The molecular weight excluding hydrogens is 273 g/mol. The van der Waals surface area contributed by atoms with Gasteiger partial charge in [0.25, 0.3) is 5.91 Å². The fraction of sp³-hybridized carbons (Fsp3) is 0.562. The molecule has 0 radical (unpaired) electrons. The van der Waals surface area contributed by atoms with Gasteiger partial charge in [0.05, 0.1) is 6.10 Å². The Hall–Kier alpha value is -1.62. The van der Waals surface area contributed by atoms with Crippen LogP contribution in [0.5, 0.6) is 5.75 Å². The van der Waals surface area contributed by atoms with Gasteiger partial charge in [0.2, 0.25) is 0 Å². The van der Waals surface area contributed by atoms with Crippen LogP contribution in [0.25, 0.3) is 0 Å². The molecule has 0 aromatic heterocycles. The molecule has 0 aliphatic heterocycles. The molecule has 0 heterocycles. The van der Waals surface area contributed by atoms with Crippen molar-refractivity contribution >= 4 is 5.91 Å². The van der Waals surface area contributed by atoms with E-state index >= 15 is 0 Å². The van der Waals surface area contributed by atoms with Crippen molar-refractivity contribution in [1.29, 1.82) is 0 Å². The molecular formula is C16H24FNO3. The van der Waals surface area contributed by atoms with Gasteiger partial charge in [-0.2, -0.15) is 0 Å². The van der Waals surface area contributed by atoms with Crippen LogP contribution in [-0.4, -0.2) is 23.2 Å². The molecule has 1 aromatic rings. The van der Waals surface area contributed by atoms with E-state index in [0.717, 1.165) is 12.8 Å². The number of hydrogen-bond acceptors (Lipinski definition) is 3. The molecule has 1 aromatic carbocycles. The summed E-state index contributed by atoms with van der Waals surface area (Å²) in [5.41, 5.74) is 0.205. The third-order valence-electron chi connectivity index (χ3n) is 3.21. The second-order valence-corrected chi connectivity index (χ2v) is 5.32. The predicted molar refractivity (Wildman–Crippen MR) is 79.6 cm³/mol. The third kappa shape index (κ3) is 5.34. The molecule has 4 nitrogen and oxygen atoms in total. The van der Waals surface area contributed by atoms with E-state index in [2.05, 4.69) is 12.2 Å². The number of rotatable bonds is 7. The summed E-state index contributed by atoms with van der Waals surface area (Å²) in [4.78, 5) is 11.9. The second kappa shape index (κ2) is 7.98. The summed E-state index contributed by atoms with van der Waals surface area (Å²) >= 11 is 0. The van der Waals surface area contributed by atoms with Crippen LogP contribution in [0.4, 0.5) is 4.39 Å². The van der Waals surface area contributed by atoms with Crippen molar-refractivity contribution in [2.75, 3.05) is 0 Å². The predicted octanol–water partition coefficient (Wildman–Crippen LogP) is 2.95. The fourth-order valence-electron chi connectivity index (χ4n) is 2.04. The Morgan fingerprint density at radius 2 is 2.05 bits per heavy atom. The van der Waals surface area contributed by atoms with E-state index in [1.165, 1.54) is 19.1 Å². The van der Waals surface area contributed by atoms with Crippen molar-refractivity contribution in [2.24, 2.45) is 0 Å². The van der Waals surface area contributed by atoms with Gasteiger partial charge in [0.1, 0.15) is 11.6 Å². The van der Waals surface area contributed by atoms with Gasteiger partial charge in [-0.25, -0.2) is 4.39 Å². The lowest BCUT2D eigenvalue weighted by atomic mass is 10.1. The minimum absolute atomic E-state index is 0.0860. The number of benzene rings is 1. The molecule has 0 saturated carbocycles. The molecule has 0 bridgehead atoms. The second-order valence-electron chi connectivity index (χ2n) is 5.32. The van der Waals surface area contributed by atoms with Crippen LogP contribution in [0, 0.1) is 5.82 Å². The van der Waals surface area contributed by atoms with Crippen LogP contribution in [0.2, 0.25) is 0 Å². The molecule has 0 aliphatic rings. The lowest BCUT2D eigenvalue weighted by Gasteiger charge is -2.18. The first-order valence-electron chi connectivity index (χ1n) is 7.29. The van der Waals surface area contributed by atoms with Crippen molar-refractivity contribution in [2.45, 2.75) is 58.8 Å². The molecule has 0 spiro atoms. The summed E-state index contributed by atoms with van der Waals surface area (Å²) in [5.74, 6) is -0.506. The Balaban J connectivity index is 2.64. The smallest absolute Gasteiger partial charge is 0.260 e. The first-order chi connectivity index (χ1) is 9.85. The van der Waals surface area contributed by atoms with E-state index < -0.39 is 18.0 Å². The topological polar surface area (TPSA) is 58.6 Å². The van der Waals surface area contributed by atoms with Crippen LogP contribution in [0.1, 0.15) is 52.2 Å². The molecule has 3 atom stereocenters. The highest BCUT2D eigenvalue weighted by Crippen LogP contribution is 2.22. The van der Waals surface area contributed by atoms with Gasteiger partial charge in [-0.3, -0.25) is 4.79 Å². The van der Waals surface area contributed by atoms with E-state index in [4.69, 9.17) is 4.74 Å². The zero-order chi connectivity index (χ0) is 16.0. The highest BCUT2D eigenvalue weighted by Gasteiger charge is 2.17. The van der Waals surface area contributed by atoms with Crippen molar-refractivity contribution in [3.8, 4) is 5.75 Å². The Bertz CT molecular complexity index is 477. The quantitative estimate of drug-likeness (QED) is 0.813. The van der Waals surface area contributed by atoms with Crippen LogP contribution < -0.4 is 10.1 Å². The van der Waals surface area contributed by atoms with Gasteiger partial charge in [-0.05, 0) is 39.3 Å². The number of carbonyl (C=O) groups excluding carboxylic acids is 1. The fourth-order valence-corrected chi connectivity index (χ4v) is 2.04. The number of carbonyl (C=O) groups is 1. The largest absolute Gasteiger partial charge is 0.481 e. The van der Waals surface area contributed by atoms with Gasteiger partial charge < -0.3 is 15.2 Å². The number of hydrogen-bond donors (Lipinski definition) is 2. The first-order valence-corrected chi connectivity index (χ1v) is 7.29. The normalized spacial score (nSPS) is 15.1. The summed E-state index contributed by atoms with van der Waals surface area (Å²) in [5, 5.41) is 12.2. The van der Waals surface area contributed by atoms with Crippen LogP contribution in [0.3, 0.4) is 0 Å². The minimum Gasteiger partial charge on any atom is -0.481 e. The number of aliphatic hydroxyl groups is 1. The maximum atomic E-state index is 13.7. The van der Waals surface area contributed by atoms with Crippen LogP contribution >= 0.6 is 0 Å². The van der Waals surface area contributed by atoms with Crippen LogP contribution in [0.15, 0.2) is 18.2 Å². The van der Waals surface area contributed by atoms with E-state index in [1.54, 1.807) is 13.0 Å². The van der Waals surface area contributed by atoms with Gasteiger partial charge in [-0.15, -0.1) is 0 Å². The van der Waals surface area contributed by atoms with Crippen molar-refractivity contribution in [1.82, 2.24) is 5.32 Å². The maximum Gasteiger partial charge on any atom is 0.260 e. The molecule has 21 heavy (non-hydrogen) atoms. The lowest BCUT2D eigenvalue weighted by Crippen LogP contribution is -2.41. The molecule has 1 amide bonds. The lowest BCUT2D eigenvalue weighted by molar-refractivity contribution is -0.127. The molecule has 2 unspecified atom stereocenters. The number of nitrogens with one attached hydrogen (secondary N) is 1. The molecule has 5 heteroatoms. The van der Waals surface area contributed by atoms with E-state index in [0.29, 0.717) is 0 Å². The van der Waals surface area contributed by atoms with E-state index in [-0.39, 0.29) is 23.3 Å². The third-order valence-corrected chi connectivity index (χ3v) is 3.21. The highest BCUT2D eigenvalue weighted by molar-refractivity contribution is 5.80. The number of aliphatic hydroxyl groups excluding tert-OH is 1. The summed E-state index contributed by atoms with van der Waals surface area (Å²) in [6, 6.07) is 4.27. The molecule has 0 fully saturated rings.